The SMILES string of the molecule is Cn1c(-c2ccc(C(F)(F)F)cc2)cnc1-c1ccc(C(F)(F)F)cc1. The van der Waals surface area contributed by atoms with Gasteiger partial charge in [-0.3, -0.25) is 0 Å². The minimum absolute atomic E-state index is 0.411. The summed E-state index contributed by atoms with van der Waals surface area (Å²) in [4.78, 5) is 4.18. The molecule has 0 aliphatic heterocycles. The Morgan fingerprint density at radius 2 is 1.12 bits per heavy atom. The largest absolute Gasteiger partial charge is 0.416 e. The van der Waals surface area contributed by atoms with Crippen LogP contribution in [0.2, 0.25) is 0 Å². The van der Waals surface area contributed by atoms with Crippen LogP contribution < -0.4 is 0 Å². The number of nitrogens with zero attached hydrogens (tertiary/aromatic N) is 2. The molecule has 136 valence electrons. The second-order valence-electron chi connectivity index (χ2n) is 5.68. The normalized spacial score (nSPS) is 12.4. The fraction of sp³-hybridized carbons (Fsp3) is 0.167. The molecule has 1 aromatic heterocycles. The Morgan fingerprint density at radius 3 is 1.54 bits per heavy atom. The summed E-state index contributed by atoms with van der Waals surface area (Å²) in [5.41, 5.74) is 0.0169. The van der Waals surface area contributed by atoms with Crippen LogP contribution in [0, 0.1) is 0 Å². The minimum Gasteiger partial charge on any atom is -0.327 e. The third-order valence-electron chi connectivity index (χ3n) is 3.97. The number of rotatable bonds is 2. The van der Waals surface area contributed by atoms with Gasteiger partial charge in [-0.05, 0) is 29.8 Å². The number of aromatic nitrogens is 2. The summed E-state index contributed by atoms with van der Waals surface area (Å²) < 4.78 is 77.5. The first kappa shape index (κ1) is 18.0. The summed E-state index contributed by atoms with van der Waals surface area (Å²) in [6, 6.07) is 9.14. The molecule has 0 saturated carbocycles. The van der Waals surface area contributed by atoms with Gasteiger partial charge in [-0.15, -0.1) is 0 Å². The lowest BCUT2D eigenvalue weighted by atomic mass is 10.1. The highest BCUT2D eigenvalue weighted by Crippen LogP contribution is 2.33. The molecule has 0 spiro atoms. The van der Waals surface area contributed by atoms with Crippen LogP contribution in [-0.2, 0) is 19.4 Å². The minimum atomic E-state index is -4.43. The van der Waals surface area contributed by atoms with Gasteiger partial charge in [0, 0.05) is 12.6 Å². The molecule has 0 amide bonds. The number of hydrogen-bond acceptors (Lipinski definition) is 1. The van der Waals surface area contributed by atoms with E-state index in [1.165, 1.54) is 30.5 Å². The molecule has 2 aromatic carbocycles. The van der Waals surface area contributed by atoms with Gasteiger partial charge in [-0.1, -0.05) is 24.3 Å². The third-order valence-corrected chi connectivity index (χ3v) is 3.97. The van der Waals surface area contributed by atoms with Crippen LogP contribution in [0.15, 0.2) is 54.7 Å². The zero-order valence-electron chi connectivity index (χ0n) is 13.4. The summed E-state index contributed by atoms with van der Waals surface area (Å²) in [6.07, 6.45) is -7.38. The first-order chi connectivity index (χ1) is 12.1. The number of imidazole rings is 1. The van der Waals surface area contributed by atoms with Crippen LogP contribution in [0.3, 0.4) is 0 Å². The van der Waals surface area contributed by atoms with Gasteiger partial charge in [0.05, 0.1) is 23.0 Å². The first-order valence-electron chi connectivity index (χ1n) is 7.44. The second-order valence-corrected chi connectivity index (χ2v) is 5.68. The molecule has 8 heteroatoms. The Morgan fingerprint density at radius 1 is 0.692 bits per heavy atom. The Hall–Kier alpha value is -2.77. The van der Waals surface area contributed by atoms with E-state index in [4.69, 9.17) is 0 Å². The van der Waals surface area contributed by atoms with E-state index < -0.39 is 23.5 Å². The topological polar surface area (TPSA) is 17.8 Å². The molecule has 3 rings (SSSR count). The Bertz CT molecular complexity index is 828. The maximum Gasteiger partial charge on any atom is 0.416 e. The van der Waals surface area contributed by atoms with Crippen molar-refractivity contribution in [2.24, 2.45) is 7.05 Å². The molecular formula is C18H12F6N2. The molecule has 0 unspecified atom stereocenters. The van der Waals surface area contributed by atoms with Crippen molar-refractivity contribution in [1.29, 1.82) is 0 Å². The number of halogens is 6. The summed E-state index contributed by atoms with van der Waals surface area (Å²) in [7, 11) is 1.65. The summed E-state index contributed by atoms with van der Waals surface area (Å²) in [5.74, 6) is 0.411. The predicted octanol–water partition coefficient (Wildman–Crippen LogP) is 5.79. The first-order valence-corrected chi connectivity index (χ1v) is 7.44. The van der Waals surface area contributed by atoms with Gasteiger partial charge in [-0.2, -0.15) is 26.3 Å². The molecule has 0 N–H and O–H groups in total. The highest BCUT2D eigenvalue weighted by atomic mass is 19.4. The smallest absolute Gasteiger partial charge is 0.327 e. The van der Waals surface area contributed by atoms with E-state index in [0.717, 1.165) is 24.3 Å². The Balaban J connectivity index is 1.93. The van der Waals surface area contributed by atoms with Crippen LogP contribution in [0.5, 0.6) is 0 Å². The van der Waals surface area contributed by atoms with Crippen LogP contribution in [0.1, 0.15) is 11.1 Å². The van der Waals surface area contributed by atoms with E-state index in [1.54, 1.807) is 11.6 Å². The Kier molecular flexibility index (Phi) is 4.29. The van der Waals surface area contributed by atoms with Crippen molar-refractivity contribution in [3.63, 3.8) is 0 Å². The van der Waals surface area contributed by atoms with Crippen LogP contribution >= 0.6 is 0 Å². The average Bonchev–Trinajstić information content (AvgIpc) is 2.95. The predicted molar refractivity (Wildman–Crippen MR) is 84.1 cm³/mol. The van der Waals surface area contributed by atoms with Crippen molar-refractivity contribution < 1.29 is 26.3 Å². The van der Waals surface area contributed by atoms with Gasteiger partial charge in [0.2, 0.25) is 0 Å². The van der Waals surface area contributed by atoms with Crippen molar-refractivity contribution in [2.45, 2.75) is 12.4 Å². The van der Waals surface area contributed by atoms with Gasteiger partial charge in [0.25, 0.3) is 0 Å². The number of hydrogen-bond donors (Lipinski definition) is 0. The highest BCUT2D eigenvalue weighted by molar-refractivity contribution is 5.66. The van der Waals surface area contributed by atoms with Crippen molar-refractivity contribution in [3.05, 3.63) is 65.9 Å². The molecule has 26 heavy (non-hydrogen) atoms. The monoisotopic (exact) mass is 370 g/mol. The molecule has 0 aliphatic rings. The molecule has 0 radical (unpaired) electrons. The zero-order valence-corrected chi connectivity index (χ0v) is 13.4. The molecule has 2 nitrogen and oxygen atoms in total. The van der Waals surface area contributed by atoms with Gasteiger partial charge >= 0.3 is 12.4 Å². The third kappa shape index (κ3) is 3.44. The van der Waals surface area contributed by atoms with E-state index in [-0.39, 0.29) is 0 Å². The molecule has 0 bridgehead atoms. The van der Waals surface area contributed by atoms with E-state index >= 15 is 0 Å². The fourth-order valence-corrected chi connectivity index (χ4v) is 2.58. The summed E-state index contributed by atoms with van der Waals surface area (Å²) >= 11 is 0. The van der Waals surface area contributed by atoms with Crippen molar-refractivity contribution in [3.8, 4) is 22.6 Å². The molecule has 0 saturated heterocycles. The van der Waals surface area contributed by atoms with E-state index in [9.17, 15) is 26.3 Å². The lowest BCUT2D eigenvalue weighted by molar-refractivity contribution is -0.138. The Labute approximate surface area is 144 Å². The molecular weight excluding hydrogens is 358 g/mol. The van der Waals surface area contributed by atoms with Crippen LogP contribution in [0.25, 0.3) is 22.6 Å². The second kappa shape index (κ2) is 6.19. The van der Waals surface area contributed by atoms with E-state index in [0.29, 0.717) is 22.6 Å². The zero-order chi connectivity index (χ0) is 19.1. The summed E-state index contributed by atoms with van der Waals surface area (Å²) in [6.45, 7) is 0. The van der Waals surface area contributed by atoms with Gasteiger partial charge in [-0.25, -0.2) is 4.98 Å². The maximum atomic E-state index is 12.6. The van der Waals surface area contributed by atoms with E-state index in [2.05, 4.69) is 4.98 Å². The highest BCUT2D eigenvalue weighted by Gasteiger charge is 2.31. The van der Waals surface area contributed by atoms with Gasteiger partial charge in [0.15, 0.2) is 0 Å². The summed E-state index contributed by atoms with van der Waals surface area (Å²) in [5, 5.41) is 0. The fourth-order valence-electron chi connectivity index (χ4n) is 2.58. The lowest BCUT2D eigenvalue weighted by Gasteiger charge is -2.10. The number of alkyl halides is 6. The quantitative estimate of drug-likeness (QED) is 0.522. The average molecular weight is 370 g/mol. The maximum absolute atomic E-state index is 12.6. The van der Waals surface area contributed by atoms with Crippen LogP contribution in [0.4, 0.5) is 26.3 Å². The van der Waals surface area contributed by atoms with E-state index in [1.807, 2.05) is 0 Å². The van der Waals surface area contributed by atoms with Gasteiger partial charge in [0.1, 0.15) is 5.82 Å². The van der Waals surface area contributed by atoms with Crippen molar-refractivity contribution in [1.82, 2.24) is 9.55 Å². The van der Waals surface area contributed by atoms with Gasteiger partial charge < -0.3 is 4.57 Å². The molecule has 0 fully saturated rings. The molecule has 0 aliphatic carbocycles. The lowest BCUT2D eigenvalue weighted by Crippen LogP contribution is -2.04. The van der Waals surface area contributed by atoms with Crippen molar-refractivity contribution in [2.75, 3.05) is 0 Å². The van der Waals surface area contributed by atoms with Crippen molar-refractivity contribution >= 4 is 0 Å². The van der Waals surface area contributed by atoms with Crippen LogP contribution in [-0.4, -0.2) is 9.55 Å². The number of benzene rings is 2. The molecule has 3 aromatic rings. The standard InChI is InChI=1S/C18H12F6N2/c1-26-15(11-2-6-13(7-3-11)17(19,20)21)10-25-16(26)12-4-8-14(9-5-12)18(22,23)24/h2-10H,1H3. The molecule has 0 atom stereocenters. The molecule has 1 heterocycles.